The molecule has 2 atom stereocenters. The highest BCUT2D eigenvalue weighted by atomic mass is 16.2. The van der Waals surface area contributed by atoms with Gasteiger partial charge in [0.15, 0.2) is 6.04 Å². The van der Waals surface area contributed by atoms with Gasteiger partial charge in [0.2, 0.25) is 11.7 Å². The van der Waals surface area contributed by atoms with Crippen LogP contribution in [0.4, 0.5) is 5.69 Å². The number of H-pyrrole nitrogens is 1. The predicted octanol–water partition coefficient (Wildman–Crippen LogP) is 2.10. The Kier molecular flexibility index (Phi) is 6.75. The quantitative estimate of drug-likeness (QED) is 0.251. The Hall–Kier alpha value is -5.21. The van der Waals surface area contributed by atoms with Gasteiger partial charge in [-0.3, -0.25) is 14.4 Å². The number of aromatic nitrogens is 3. The molecule has 3 aliphatic heterocycles. The molecule has 1 fully saturated rings. The standard InChI is InChI=1S/C32H30N8O3/c33-30(41)28-23-18-20(9-11-27-34-13-5-14-35-27)8-10-25(23)37-40(28)29(31(42)38-15-3-4-16-38)32(43)39-17-12-22-21-6-1-2-7-24(21)36-26(22)19-39/h1-2,5-8,10,13-14,18,28-29,36-37H,3-4,12,15-17,19H2,(H2,33,41). The summed E-state index contributed by atoms with van der Waals surface area (Å²) in [5.41, 5.74) is 14.1. The van der Waals surface area contributed by atoms with Gasteiger partial charge >= 0.3 is 0 Å². The zero-order valence-electron chi connectivity index (χ0n) is 23.4. The average molecular weight is 575 g/mol. The number of nitrogens with zero attached hydrogens (tertiary/aromatic N) is 5. The van der Waals surface area contributed by atoms with E-state index in [1.54, 1.807) is 46.5 Å². The highest BCUT2D eigenvalue weighted by molar-refractivity contribution is 6.06. The highest BCUT2D eigenvalue weighted by Gasteiger charge is 2.48. The van der Waals surface area contributed by atoms with E-state index in [4.69, 9.17) is 5.73 Å². The highest BCUT2D eigenvalue weighted by Crippen LogP contribution is 2.38. The molecule has 1 saturated heterocycles. The number of hydrogen-bond donors (Lipinski definition) is 3. The molecule has 4 N–H and O–H groups in total. The number of anilines is 1. The fourth-order valence-corrected chi connectivity index (χ4v) is 6.33. The van der Waals surface area contributed by atoms with Crippen molar-refractivity contribution in [3.63, 3.8) is 0 Å². The summed E-state index contributed by atoms with van der Waals surface area (Å²) in [5.74, 6) is 4.94. The first-order chi connectivity index (χ1) is 21.0. The third-order valence-electron chi connectivity index (χ3n) is 8.39. The fraction of sp³-hybridized carbons (Fsp3) is 0.281. The average Bonchev–Trinajstić information content (AvgIpc) is 3.77. The minimum absolute atomic E-state index is 0.335. The summed E-state index contributed by atoms with van der Waals surface area (Å²) < 4.78 is 0. The summed E-state index contributed by atoms with van der Waals surface area (Å²) in [6.45, 7) is 1.94. The van der Waals surface area contributed by atoms with Crippen molar-refractivity contribution in [2.45, 2.75) is 37.9 Å². The van der Waals surface area contributed by atoms with E-state index in [1.165, 1.54) is 10.6 Å². The van der Waals surface area contributed by atoms with E-state index < -0.39 is 18.0 Å². The third-order valence-corrected chi connectivity index (χ3v) is 8.39. The molecule has 2 unspecified atom stereocenters. The number of fused-ring (bicyclic) bond motifs is 4. The monoisotopic (exact) mass is 574 g/mol. The lowest BCUT2D eigenvalue weighted by Gasteiger charge is -2.36. The van der Waals surface area contributed by atoms with Gasteiger partial charge in [0, 0.05) is 59.8 Å². The molecule has 2 aromatic carbocycles. The van der Waals surface area contributed by atoms with Gasteiger partial charge in [0.05, 0.1) is 12.2 Å². The predicted molar refractivity (Wildman–Crippen MR) is 159 cm³/mol. The van der Waals surface area contributed by atoms with E-state index in [1.807, 2.05) is 18.2 Å². The summed E-state index contributed by atoms with van der Waals surface area (Å²) >= 11 is 0. The largest absolute Gasteiger partial charge is 0.368 e. The van der Waals surface area contributed by atoms with Crippen LogP contribution < -0.4 is 11.2 Å². The Bertz CT molecular complexity index is 1800. The number of carbonyl (C=O) groups excluding carboxylic acids is 3. The van der Waals surface area contributed by atoms with Crippen molar-refractivity contribution in [2.75, 3.05) is 25.1 Å². The van der Waals surface area contributed by atoms with Crippen LogP contribution in [0, 0.1) is 11.8 Å². The van der Waals surface area contributed by atoms with E-state index in [9.17, 15) is 14.4 Å². The lowest BCUT2D eigenvalue weighted by molar-refractivity contribution is -0.150. The number of benzene rings is 2. The number of hydrazine groups is 1. The van der Waals surface area contributed by atoms with Crippen molar-refractivity contribution in [1.82, 2.24) is 29.8 Å². The molecule has 2 aromatic heterocycles. The number of likely N-dealkylation sites (tertiary alicyclic amines) is 1. The second-order valence-electron chi connectivity index (χ2n) is 11.0. The zero-order valence-corrected chi connectivity index (χ0v) is 23.4. The Morgan fingerprint density at radius 1 is 0.930 bits per heavy atom. The van der Waals surface area contributed by atoms with E-state index in [0.29, 0.717) is 55.2 Å². The second kappa shape index (κ2) is 10.9. The van der Waals surface area contributed by atoms with Gasteiger partial charge in [-0.1, -0.05) is 24.1 Å². The molecule has 3 aliphatic rings. The molecule has 3 amide bonds. The number of primary amides is 1. The lowest BCUT2D eigenvalue weighted by Crippen LogP contribution is -2.59. The summed E-state index contributed by atoms with van der Waals surface area (Å²) in [6.07, 6.45) is 5.63. The molecular formula is C32H30N8O3. The van der Waals surface area contributed by atoms with Crippen LogP contribution in [0.1, 0.15) is 47.1 Å². The van der Waals surface area contributed by atoms with Gasteiger partial charge in [0.25, 0.3) is 11.8 Å². The molecule has 5 heterocycles. The van der Waals surface area contributed by atoms with Crippen LogP contribution in [0.5, 0.6) is 0 Å². The van der Waals surface area contributed by atoms with Crippen molar-refractivity contribution < 1.29 is 14.4 Å². The van der Waals surface area contributed by atoms with E-state index in [-0.39, 0.29) is 11.8 Å². The number of rotatable bonds is 4. The number of aromatic amines is 1. The van der Waals surface area contributed by atoms with Gasteiger partial charge in [-0.15, -0.1) is 0 Å². The van der Waals surface area contributed by atoms with Crippen LogP contribution >= 0.6 is 0 Å². The Morgan fingerprint density at radius 3 is 2.49 bits per heavy atom. The molecule has 4 aromatic rings. The van der Waals surface area contributed by atoms with Crippen LogP contribution in [0.25, 0.3) is 10.9 Å². The molecule has 7 rings (SSSR count). The van der Waals surface area contributed by atoms with E-state index in [2.05, 4.69) is 38.3 Å². The molecule has 0 radical (unpaired) electrons. The number of para-hydroxylation sites is 1. The van der Waals surface area contributed by atoms with Crippen molar-refractivity contribution in [1.29, 1.82) is 0 Å². The molecule has 216 valence electrons. The summed E-state index contributed by atoms with van der Waals surface area (Å²) in [7, 11) is 0. The lowest BCUT2D eigenvalue weighted by atomic mass is 10.0. The second-order valence-corrected chi connectivity index (χ2v) is 11.0. The van der Waals surface area contributed by atoms with Crippen LogP contribution in [-0.4, -0.2) is 73.2 Å². The fourth-order valence-electron chi connectivity index (χ4n) is 6.33. The maximum atomic E-state index is 14.3. The molecule has 43 heavy (non-hydrogen) atoms. The Balaban J connectivity index is 1.22. The number of nitrogens with one attached hydrogen (secondary N) is 2. The smallest absolute Gasteiger partial charge is 0.251 e. The topological polar surface area (TPSA) is 141 Å². The molecule has 11 nitrogen and oxygen atoms in total. The SMILES string of the molecule is NC(=O)C1c2cc(C#Cc3ncccn3)ccc2NN1C(C(=O)N1CCCC1)C(=O)N1CCc2c([nH]c3ccccc23)C1. The summed E-state index contributed by atoms with van der Waals surface area (Å²) in [4.78, 5) is 56.5. The first kappa shape index (κ1) is 26.7. The van der Waals surface area contributed by atoms with Crippen LogP contribution in [0.2, 0.25) is 0 Å². The number of hydrogen-bond acceptors (Lipinski definition) is 7. The van der Waals surface area contributed by atoms with Gasteiger partial charge in [-0.2, -0.15) is 5.01 Å². The normalized spacial score (nSPS) is 18.4. The van der Waals surface area contributed by atoms with Crippen molar-refractivity contribution in [2.24, 2.45) is 5.73 Å². The third kappa shape index (κ3) is 4.85. The first-order valence-corrected chi connectivity index (χ1v) is 14.4. The van der Waals surface area contributed by atoms with Gasteiger partial charge in [-0.05, 0) is 61.1 Å². The maximum absolute atomic E-state index is 14.3. The number of amides is 3. The number of carbonyl (C=O) groups is 3. The summed E-state index contributed by atoms with van der Waals surface area (Å²) in [6, 6.07) is 12.8. The van der Waals surface area contributed by atoms with E-state index >= 15 is 0 Å². The molecular weight excluding hydrogens is 544 g/mol. The molecule has 11 heteroatoms. The van der Waals surface area contributed by atoms with Crippen molar-refractivity contribution >= 4 is 34.3 Å². The van der Waals surface area contributed by atoms with Gasteiger partial charge in [0.1, 0.15) is 6.04 Å². The maximum Gasteiger partial charge on any atom is 0.251 e. The van der Waals surface area contributed by atoms with Crippen LogP contribution in [0.3, 0.4) is 0 Å². The molecule has 0 aliphatic carbocycles. The van der Waals surface area contributed by atoms with E-state index in [0.717, 1.165) is 29.4 Å². The van der Waals surface area contributed by atoms with Gasteiger partial charge in [-0.25, -0.2) is 9.97 Å². The van der Waals surface area contributed by atoms with Crippen LogP contribution in [-0.2, 0) is 27.3 Å². The minimum Gasteiger partial charge on any atom is -0.368 e. The molecule has 0 saturated carbocycles. The zero-order chi connectivity index (χ0) is 29.5. The first-order valence-electron chi connectivity index (χ1n) is 14.4. The number of nitrogens with two attached hydrogens (primary N) is 1. The Labute approximate surface area is 248 Å². The van der Waals surface area contributed by atoms with Crippen molar-refractivity contribution in [3.8, 4) is 11.8 Å². The molecule has 0 spiro atoms. The minimum atomic E-state index is -1.28. The summed E-state index contributed by atoms with van der Waals surface area (Å²) in [5, 5.41) is 2.59. The molecule has 0 bridgehead atoms. The van der Waals surface area contributed by atoms with Crippen LogP contribution in [0.15, 0.2) is 60.9 Å². The Morgan fingerprint density at radius 2 is 1.70 bits per heavy atom. The van der Waals surface area contributed by atoms with Gasteiger partial charge < -0.3 is 25.9 Å². The van der Waals surface area contributed by atoms with Crippen molar-refractivity contribution in [3.05, 3.63) is 89.1 Å².